The molecule has 1 aliphatic carbocycles. The maximum Gasteiger partial charge on any atom is 0.273 e. The number of aliphatic hydroxyl groups is 1. The molecular weight excluding hydrogens is 318 g/mol. The number of nitrogens with zero attached hydrogens (tertiary/aromatic N) is 1. The second-order valence-electron chi connectivity index (χ2n) is 4.25. The quantitative estimate of drug-likeness (QED) is 0.661. The zero-order chi connectivity index (χ0) is 14.0. The summed E-state index contributed by atoms with van der Waals surface area (Å²) >= 11 is 3.28. The highest BCUT2D eigenvalue weighted by atomic mass is 79.9. The van der Waals surface area contributed by atoms with Gasteiger partial charge in [0, 0.05) is 19.1 Å². The van der Waals surface area contributed by atoms with E-state index in [4.69, 9.17) is 9.47 Å². The Balaban J connectivity index is 2.10. The highest BCUT2D eigenvalue weighted by Gasteiger charge is 2.43. The zero-order valence-corrected chi connectivity index (χ0v) is 11.9. The molecule has 3 unspecified atom stereocenters. The first-order chi connectivity index (χ1) is 9.02. The van der Waals surface area contributed by atoms with Crippen molar-refractivity contribution in [3.05, 3.63) is 32.8 Å². The molecule has 0 bridgehead atoms. The molecule has 1 aliphatic rings. The average Bonchev–Trinajstić information content (AvgIpc) is 2.37. The lowest BCUT2D eigenvalue weighted by molar-refractivity contribution is -0.385. The molecule has 6 nitrogen and oxygen atoms in total. The predicted molar refractivity (Wildman–Crippen MR) is 71.3 cm³/mol. The van der Waals surface area contributed by atoms with E-state index >= 15 is 0 Å². The van der Waals surface area contributed by atoms with Crippen LogP contribution >= 0.6 is 15.9 Å². The maximum absolute atomic E-state index is 10.7. The number of non-ortho nitro benzene ring substituents is 1. The van der Waals surface area contributed by atoms with Crippen LogP contribution in [0.4, 0.5) is 5.69 Å². The van der Waals surface area contributed by atoms with Crippen LogP contribution in [0.5, 0.6) is 5.75 Å². The van der Waals surface area contributed by atoms with E-state index in [0.29, 0.717) is 23.2 Å². The standard InChI is InChI=1S/C12H14BrNO5/c1-2-18-12-9(15)6-11(12)19-10-5-7(14(16)17)3-4-8(10)13/h3-5,9,11-12,15H,2,6H2,1H3. The first kappa shape index (κ1) is 14.2. The summed E-state index contributed by atoms with van der Waals surface area (Å²) in [5.41, 5.74) is -0.0361. The molecule has 1 saturated carbocycles. The number of hydrogen-bond acceptors (Lipinski definition) is 5. The lowest BCUT2D eigenvalue weighted by Crippen LogP contribution is -2.55. The summed E-state index contributed by atoms with van der Waals surface area (Å²) in [5.74, 6) is 0.385. The SMILES string of the molecule is CCOC1C(O)CC1Oc1cc([N+](=O)[O-])ccc1Br. The van der Waals surface area contributed by atoms with E-state index in [1.807, 2.05) is 6.92 Å². The van der Waals surface area contributed by atoms with E-state index < -0.39 is 11.0 Å². The molecule has 0 radical (unpaired) electrons. The summed E-state index contributed by atoms with van der Waals surface area (Å²) in [5, 5.41) is 20.3. The first-order valence-electron chi connectivity index (χ1n) is 5.93. The predicted octanol–water partition coefficient (Wildman–Crippen LogP) is 2.27. The van der Waals surface area contributed by atoms with Crippen molar-refractivity contribution in [1.29, 1.82) is 0 Å². The van der Waals surface area contributed by atoms with Gasteiger partial charge in [-0.3, -0.25) is 10.1 Å². The fraction of sp³-hybridized carbons (Fsp3) is 0.500. The zero-order valence-electron chi connectivity index (χ0n) is 10.3. The minimum absolute atomic E-state index is 0.0361. The Hall–Kier alpha value is -1.18. The molecule has 0 spiro atoms. The van der Waals surface area contributed by atoms with Crippen LogP contribution in [0.3, 0.4) is 0 Å². The lowest BCUT2D eigenvalue weighted by Gasteiger charge is -2.40. The molecule has 7 heteroatoms. The van der Waals surface area contributed by atoms with Crippen molar-refractivity contribution < 1.29 is 19.5 Å². The number of nitro groups is 1. The van der Waals surface area contributed by atoms with Gasteiger partial charge in [-0.05, 0) is 28.9 Å². The second kappa shape index (κ2) is 5.85. The summed E-state index contributed by atoms with van der Waals surface area (Å²) < 4.78 is 11.7. The smallest absolute Gasteiger partial charge is 0.273 e. The fourth-order valence-electron chi connectivity index (χ4n) is 1.94. The van der Waals surface area contributed by atoms with Crippen molar-refractivity contribution in [3.8, 4) is 5.75 Å². The average molecular weight is 332 g/mol. The Bertz CT molecular complexity index is 481. The van der Waals surface area contributed by atoms with Crippen molar-refractivity contribution in [2.45, 2.75) is 31.7 Å². The third-order valence-corrected chi connectivity index (χ3v) is 3.64. The Kier molecular flexibility index (Phi) is 4.38. The van der Waals surface area contributed by atoms with Gasteiger partial charge in [0.2, 0.25) is 0 Å². The molecular formula is C12H14BrNO5. The van der Waals surface area contributed by atoms with Gasteiger partial charge in [0.15, 0.2) is 0 Å². The van der Waals surface area contributed by atoms with Crippen molar-refractivity contribution in [3.63, 3.8) is 0 Å². The Morgan fingerprint density at radius 1 is 1.58 bits per heavy atom. The molecule has 0 aliphatic heterocycles. The minimum atomic E-state index is -0.539. The van der Waals surface area contributed by atoms with Gasteiger partial charge in [0.25, 0.3) is 5.69 Å². The van der Waals surface area contributed by atoms with Crippen LogP contribution in [0.2, 0.25) is 0 Å². The monoisotopic (exact) mass is 331 g/mol. The molecule has 104 valence electrons. The summed E-state index contributed by atoms with van der Waals surface area (Å²) in [7, 11) is 0. The van der Waals surface area contributed by atoms with Crippen LogP contribution < -0.4 is 4.74 Å². The number of benzene rings is 1. The lowest BCUT2D eigenvalue weighted by atomic mass is 9.88. The molecule has 3 atom stereocenters. The molecule has 1 fully saturated rings. The van der Waals surface area contributed by atoms with Gasteiger partial charge >= 0.3 is 0 Å². The van der Waals surface area contributed by atoms with E-state index in [1.165, 1.54) is 12.1 Å². The van der Waals surface area contributed by atoms with Gasteiger partial charge in [-0.15, -0.1) is 0 Å². The third-order valence-electron chi connectivity index (χ3n) is 2.98. The van der Waals surface area contributed by atoms with Crippen LogP contribution in [0.25, 0.3) is 0 Å². The van der Waals surface area contributed by atoms with Crippen LogP contribution in [-0.4, -0.2) is 34.9 Å². The van der Waals surface area contributed by atoms with E-state index in [9.17, 15) is 15.2 Å². The van der Waals surface area contributed by atoms with Gasteiger partial charge in [-0.1, -0.05) is 0 Å². The number of hydrogen-bond donors (Lipinski definition) is 1. The first-order valence-corrected chi connectivity index (χ1v) is 6.72. The highest BCUT2D eigenvalue weighted by molar-refractivity contribution is 9.10. The highest BCUT2D eigenvalue weighted by Crippen LogP contribution is 2.34. The number of halogens is 1. The third kappa shape index (κ3) is 3.05. The van der Waals surface area contributed by atoms with Crippen LogP contribution in [0.15, 0.2) is 22.7 Å². The minimum Gasteiger partial charge on any atom is -0.486 e. The molecule has 0 aromatic heterocycles. The number of rotatable bonds is 5. The summed E-state index contributed by atoms with van der Waals surface area (Å²) in [4.78, 5) is 10.2. The van der Waals surface area contributed by atoms with Gasteiger partial charge in [-0.2, -0.15) is 0 Å². The summed E-state index contributed by atoms with van der Waals surface area (Å²) in [6.45, 7) is 2.32. The molecule has 1 aromatic carbocycles. The summed E-state index contributed by atoms with van der Waals surface area (Å²) in [6.07, 6.45) is -0.744. The number of aliphatic hydroxyl groups excluding tert-OH is 1. The molecule has 1 N–H and O–H groups in total. The van der Waals surface area contributed by atoms with Gasteiger partial charge in [0.1, 0.15) is 18.0 Å². The van der Waals surface area contributed by atoms with Gasteiger partial charge in [0.05, 0.1) is 21.6 Å². The Morgan fingerprint density at radius 2 is 2.32 bits per heavy atom. The molecule has 1 aromatic rings. The fourth-order valence-corrected chi connectivity index (χ4v) is 2.28. The molecule has 0 heterocycles. The normalized spacial score (nSPS) is 25.7. The van der Waals surface area contributed by atoms with E-state index in [1.54, 1.807) is 6.07 Å². The van der Waals surface area contributed by atoms with Crippen molar-refractivity contribution in [1.82, 2.24) is 0 Å². The maximum atomic E-state index is 10.7. The van der Waals surface area contributed by atoms with Gasteiger partial charge in [-0.25, -0.2) is 0 Å². The van der Waals surface area contributed by atoms with Crippen LogP contribution in [0, 0.1) is 10.1 Å². The Morgan fingerprint density at radius 3 is 2.89 bits per heavy atom. The van der Waals surface area contributed by atoms with Crippen molar-refractivity contribution in [2.24, 2.45) is 0 Å². The Labute approximate surface area is 118 Å². The largest absolute Gasteiger partial charge is 0.486 e. The summed E-state index contributed by atoms with van der Waals surface area (Å²) in [6, 6.07) is 4.32. The number of nitro benzene ring substituents is 1. The van der Waals surface area contributed by atoms with E-state index in [2.05, 4.69) is 15.9 Å². The molecule has 2 rings (SSSR count). The second-order valence-corrected chi connectivity index (χ2v) is 5.11. The molecule has 0 amide bonds. The van der Waals surface area contributed by atoms with Crippen molar-refractivity contribution >= 4 is 21.6 Å². The van der Waals surface area contributed by atoms with Gasteiger partial charge < -0.3 is 14.6 Å². The van der Waals surface area contributed by atoms with Crippen LogP contribution in [-0.2, 0) is 4.74 Å². The van der Waals surface area contributed by atoms with Crippen molar-refractivity contribution in [2.75, 3.05) is 6.61 Å². The number of ether oxygens (including phenoxy) is 2. The van der Waals surface area contributed by atoms with E-state index in [0.717, 1.165) is 0 Å². The molecule has 19 heavy (non-hydrogen) atoms. The van der Waals surface area contributed by atoms with E-state index in [-0.39, 0.29) is 17.9 Å². The molecule has 0 saturated heterocycles. The topological polar surface area (TPSA) is 81.8 Å². The van der Waals surface area contributed by atoms with Crippen LogP contribution in [0.1, 0.15) is 13.3 Å².